The van der Waals surface area contributed by atoms with E-state index in [9.17, 15) is 0 Å². The number of likely N-dealkylation sites (N-methyl/N-ethyl adjacent to an activating group) is 1. The van der Waals surface area contributed by atoms with E-state index in [4.69, 9.17) is 15.2 Å². The van der Waals surface area contributed by atoms with Gasteiger partial charge in [0.1, 0.15) is 0 Å². The molecule has 1 aromatic rings. The van der Waals surface area contributed by atoms with Crippen LogP contribution in [-0.2, 0) is 0 Å². The maximum atomic E-state index is 5.64. The van der Waals surface area contributed by atoms with Gasteiger partial charge in [0.2, 0.25) is 0 Å². The number of anilines is 1. The molecular weight excluding hydrogens is 204 g/mol. The molecule has 2 N–H and O–H groups in total. The highest BCUT2D eigenvalue weighted by Gasteiger charge is 2.11. The van der Waals surface area contributed by atoms with Crippen LogP contribution in [0.5, 0.6) is 11.5 Å². The van der Waals surface area contributed by atoms with Crippen LogP contribution in [0.4, 0.5) is 5.69 Å². The Hall–Kier alpha value is -1.42. The number of hydrogen-bond acceptors (Lipinski definition) is 4. The summed E-state index contributed by atoms with van der Waals surface area (Å²) < 4.78 is 10.4. The molecule has 1 atom stereocenters. The average molecular weight is 224 g/mol. The SMILES string of the molecule is COc1ccc(N(C)C(C)CN)cc1OC. The summed E-state index contributed by atoms with van der Waals surface area (Å²) >= 11 is 0. The molecule has 1 aromatic carbocycles. The van der Waals surface area contributed by atoms with Crippen LogP contribution in [0.15, 0.2) is 18.2 Å². The molecule has 0 spiro atoms. The van der Waals surface area contributed by atoms with E-state index in [1.165, 1.54) is 0 Å². The van der Waals surface area contributed by atoms with Crippen molar-refractivity contribution in [2.45, 2.75) is 13.0 Å². The minimum atomic E-state index is 0.290. The van der Waals surface area contributed by atoms with Gasteiger partial charge in [-0.1, -0.05) is 0 Å². The van der Waals surface area contributed by atoms with Crippen molar-refractivity contribution in [3.8, 4) is 11.5 Å². The van der Waals surface area contributed by atoms with Crippen LogP contribution in [0.2, 0.25) is 0 Å². The van der Waals surface area contributed by atoms with E-state index in [1.807, 2.05) is 25.2 Å². The van der Waals surface area contributed by atoms with Gasteiger partial charge in [-0.15, -0.1) is 0 Å². The molecule has 0 bridgehead atoms. The van der Waals surface area contributed by atoms with Crippen LogP contribution in [0.25, 0.3) is 0 Å². The second-order valence-corrected chi connectivity index (χ2v) is 3.73. The molecule has 0 radical (unpaired) electrons. The number of benzene rings is 1. The quantitative estimate of drug-likeness (QED) is 0.823. The lowest BCUT2D eigenvalue weighted by molar-refractivity contribution is 0.355. The van der Waals surface area contributed by atoms with E-state index < -0.39 is 0 Å². The Morgan fingerprint density at radius 1 is 1.25 bits per heavy atom. The van der Waals surface area contributed by atoms with Gasteiger partial charge in [-0.3, -0.25) is 0 Å². The molecule has 0 aromatic heterocycles. The predicted molar refractivity (Wildman–Crippen MR) is 66.5 cm³/mol. The van der Waals surface area contributed by atoms with Crippen LogP contribution in [0, 0.1) is 0 Å². The zero-order chi connectivity index (χ0) is 12.1. The molecule has 4 heteroatoms. The smallest absolute Gasteiger partial charge is 0.162 e. The first kappa shape index (κ1) is 12.6. The van der Waals surface area contributed by atoms with Crippen molar-refractivity contribution >= 4 is 5.69 Å². The van der Waals surface area contributed by atoms with Crippen molar-refractivity contribution in [3.63, 3.8) is 0 Å². The number of ether oxygens (including phenoxy) is 2. The maximum Gasteiger partial charge on any atom is 0.162 e. The van der Waals surface area contributed by atoms with Crippen LogP contribution in [-0.4, -0.2) is 33.9 Å². The molecule has 0 saturated carbocycles. The molecular formula is C12H20N2O2. The Morgan fingerprint density at radius 3 is 2.38 bits per heavy atom. The van der Waals surface area contributed by atoms with E-state index >= 15 is 0 Å². The normalized spacial score (nSPS) is 12.1. The Morgan fingerprint density at radius 2 is 1.88 bits per heavy atom. The second-order valence-electron chi connectivity index (χ2n) is 3.73. The molecule has 1 unspecified atom stereocenters. The van der Waals surface area contributed by atoms with Crippen LogP contribution in [0.3, 0.4) is 0 Å². The van der Waals surface area contributed by atoms with Crippen LogP contribution in [0.1, 0.15) is 6.92 Å². The minimum Gasteiger partial charge on any atom is -0.493 e. The second kappa shape index (κ2) is 5.61. The van der Waals surface area contributed by atoms with Gasteiger partial charge in [-0.25, -0.2) is 0 Å². The van der Waals surface area contributed by atoms with E-state index in [0.29, 0.717) is 6.54 Å². The van der Waals surface area contributed by atoms with Crippen LogP contribution < -0.4 is 20.1 Å². The lowest BCUT2D eigenvalue weighted by Gasteiger charge is -2.26. The maximum absolute atomic E-state index is 5.64. The fraction of sp³-hybridized carbons (Fsp3) is 0.500. The number of hydrogen-bond donors (Lipinski definition) is 1. The monoisotopic (exact) mass is 224 g/mol. The Bertz CT molecular complexity index is 342. The van der Waals surface area contributed by atoms with Gasteiger partial charge in [0.15, 0.2) is 11.5 Å². The topological polar surface area (TPSA) is 47.7 Å². The van der Waals surface area contributed by atoms with Gasteiger partial charge in [-0.2, -0.15) is 0 Å². The third-order valence-corrected chi connectivity index (χ3v) is 2.78. The standard InChI is InChI=1S/C12H20N2O2/c1-9(8-13)14(2)10-5-6-11(15-3)12(7-10)16-4/h5-7,9H,8,13H2,1-4H3. The zero-order valence-electron chi connectivity index (χ0n) is 10.4. The predicted octanol–water partition coefficient (Wildman–Crippen LogP) is 1.49. The summed E-state index contributed by atoms with van der Waals surface area (Å²) in [6.45, 7) is 2.70. The van der Waals surface area contributed by atoms with E-state index in [2.05, 4.69) is 11.8 Å². The molecule has 0 amide bonds. The number of nitrogens with zero attached hydrogens (tertiary/aromatic N) is 1. The van der Waals surface area contributed by atoms with Crippen molar-refractivity contribution in [2.75, 3.05) is 32.7 Å². The van der Waals surface area contributed by atoms with Crippen LogP contribution >= 0.6 is 0 Å². The Labute approximate surface area is 96.9 Å². The average Bonchev–Trinajstić information content (AvgIpc) is 2.35. The summed E-state index contributed by atoms with van der Waals surface area (Å²) in [6.07, 6.45) is 0. The number of methoxy groups -OCH3 is 2. The fourth-order valence-corrected chi connectivity index (χ4v) is 1.46. The highest BCUT2D eigenvalue weighted by atomic mass is 16.5. The van der Waals surface area contributed by atoms with E-state index in [1.54, 1.807) is 14.2 Å². The summed E-state index contributed by atoms with van der Waals surface area (Å²) in [7, 11) is 5.27. The van der Waals surface area contributed by atoms with Gasteiger partial charge in [0.05, 0.1) is 14.2 Å². The Kier molecular flexibility index (Phi) is 4.43. The van der Waals surface area contributed by atoms with Gasteiger partial charge >= 0.3 is 0 Å². The molecule has 0 aliphatic heterocycles. The summed E-state index contributed by atoms with van der Waals surface area (Å²) in [4.78, 5) is 2.11. The van der Waals surface area contributed by atoms with Gasteiger partial charge in [0.25, 0.3) is 0 Å². The summed E-state index contributed by atoms with van der Waals surface area (Å²) in [5.74, 6) is 1.47. The van der Waals surface area contributed by atoms with Crippen molar-refractivity contribution in [1.82, 2.24) is 0 Å². The molecule has 4 nitrogen and oxygen atoms in total. The number of rotatable bonds is 5. The van der Waals surface area contributed by atoms with Crippen molar-refractivity contribution < 1.29 is 9.47 Å². The first-order valence-corrected chi connectivity index (χ1v) is 5.29. The highest BCUT2D eigenvalue weighted by molar-refractivity contribution is 5.56. The molecule has 0 aliphatic rings. The summed E-state index contributed by atoms with van der Waals surface area (Å²) in [5, 5.41) is 0. The molecule has 0 fully saturated rings. The first-order valence-electron chi connectivity index (χ1n) is 5.29. The van der Waals surface area contributed by atoms with Gasteiger partial charge < -0.3 is 20.1 Å². The summed E-state index contributed by atoms with van der Waals surface area (Å²) in [6, 6.07) is 6.13. The van der Waals surface area contributed by atoms with Crippen molar-refractivity contribution in [2.24, 2.45) is 5.73 Å². The lowest BCUT2D eigenvalue weighted by Crippen LogP contribution is -2.35. The zero-order valence-corrected chi connectivity index (χ0v) is 10.4. The van der Waals surface area contributed by atoms with E-state index in [0.717, 1.165) is 17.2 Å². The minimum absolute atomic E-state index is 0.290. The van der Waals surface area contributed by atoms with Crippen molar-refractivity contribution in [1.29, 1.82) is 0 Å². The third-order valence-electron chi connectivity index (χ3n) is 2.78. The van der Waals surface area contributed by atoms with Gasteiger partial charge in [-0.05, 0) is 19.1 Å². The molecule has 1 rings (SSSR count). The summed E-state index contributed by atoms with van der Waals surface area (Å²) in [5.41, 5.74) is 6.70. The molecule has 0 saturated heterocycles. The fourth-order valence-electron chi connectivity index (χ4n) is 1.46. The number of nitrogens with two attached hydrogens (primary N) is 1. The molecule has 16 heavy (non-hydrogen) atoms. The van der Waals surface area contributed by atoms with E-state index in [-0.39, 0.29) is 6.04 Å². The molecule has 0 aliphatic carbocycles. The molecule has 0 heterocycles. The molecule has 90 valence electrons. The third kappa shape index (κ3) is 2.58. The van der Waals surface area contributed by atoms with Gasteiger partial charge in [0, 0.05) is 31.4 Å². The largest absolute Gasteiger partial charge is 0.493 e. The Balaban J connectivity index is 2.98. The highest BCUT2D eigenvalue weighted by Crippen LogP contribution is 2.31. The first-order chi connectivity index (χ1) is 7.63. The van der Waals surface area contributed by atoms with Crippen molar-refractivity contribution in [3.05, 3.63) is 18.2 Å². The lowest BCUT2D eigenvalue weighted by atomic mass is 10.2.